The molecule has 20 heavy (non-hydrogen) atoms. The summed E-state index contributed by atoms with van der Waals surface area (Å²) >= 11 is 1.47. The topological polar surface area (TPSA) is 68.5 Å². The lowest BCUT2D eigenvalue weighted by atomic mass is 10.1. The minimum Gasteiger partial charge on any atom is -0.350 e. The van der Waals surface area contributed by atoms with Crippen LogP contribution in [0.2, 0.25) is 0 Å². The highest BCUT2D eigenvalue weighted by molar-refractivity contribution is 7.09. The lowest BCUT2D eigenvalue weighted by molar-refractivity contribution is 0.437. The fourth-order valence-electron chi connectivity index (χ4n) is 2.64. The van der Waals surface area contributed by atoms with Gasteiger partial charge in [-0.25, -0.2) is 14.6 Å². The van der Waals surface area contributed by atoms with Crippen LogP contribution in [-0.2, 0) is 13.0 Å². The largest absolute Gasteiger partial charge is 0.350 e. The van der Waals surface area contributed by atoms with E-state index in [0.29, 0.717) is 5.92 Å². The third-order valence-corrected chi connectivity index (χ3v) is 4.58. The molecule has 7 heteroatoms. The monoisotopic (exact) mass is 290 g/mol. The van der Waals surface area contributed by atoms with Crippen molar-refractivity contribution in [3.63, 3.8) is 0 Å². The smallest absolute Gasteiger partial charge is 0.203 e. The predicted molar refractivity (Wildman–Crippen MR) is 76.9 cm³/mol. The molecule has 0 amide bonds. The average molecular weight is 290 g/mol. The molecular formula is C13H18N6S. The van der Waals surface area contributed by atoms with Crippen molar-refractivity contribution in [1.29, 1.82) is 0 Å². The van der Waals surface area contributed by atoms with Crippen molar-refractivity contribution in [3.05, 3.63) is 17.5 Å². The van der Waals surface area contributed by atoms with Crippen molar-refractivity contribution in [2.45, 2.75) is 57.5 Å². The van der Waals surface area contributed by atoms with E-state index in [2.05, 4.69) is 31.7 Å². The molecule has 6 nitrogen and oxygen atoms in total. The van der Waals surface area contributed by atoms with Gasteiger partial charge in [-0.1, -0.05) is 6.92 Å². The van der Waals surface area contributed by atoms with Crippen LogP contribution in [0.25, 0.3) is 0 Å². The summed E-state index contributed by atoms with van der Waals surface area (Å²) in [4.78, 5) is 9.25. The van der Waals surface area contributed by atoms with E-state index in [1.165, 1.54) is 24.4 Å². The minimum atomic E-state index is 0.219. The van der Waals surface area contributed by atoms with E-state index in [0.717, 1.165) is 48.4 Å². The van der Waals surface area contributed by atoms with Gasteiger partial charge in [0.25, 0.3) is 0 Å². The quantitative estimate of drug-likeness (QED) is 0.937. The number of anilines is 1. The molecule has 1 N–H and O–H groups in total. The van der Waals surface area contributed by atoms with Gasteiger partial charge in [-0.05, 0) is 25.7 Å². The van der Waals surface area contributed by atoms with Crippen molar-refractivity contribution >= 4 is 16.7 Å². The molecule has 2 aromatic heterocycles. The first-order valence-electron chi connectivity index (χ1n) is 7.37. The molecule has 106 valence electrons. The zero-order valence-electron chi connectivity index (χ0n) is 11.5. The Morgan fingerprint density at radius 1 is 1.30 bits per heavy atom. The van der Waals surface area contributed by atoms with Crippen molar-refractivity contribution in [3.8, 4) is 0 Å². The summed E-state index contributed by atoms with van der Waals surface area (Å²) in [5.41, 5.74) is 0. The Morgan fingerprint density at radius 2 is 2.20 bits per heavy atom. The Hall–Kier alpha value is -1.50. The molecule has 1 aliphatic carbocycles. The number of rotatable bonds is 4. The fourth-order valence-corrected chi connectivity index (χ4v) is 3.34. The number of nitrogens with zero attached hydrogens (tertiary/aromatic N) is 5. The van der Waals surface area contributed by atoms with Crippen LogP contribution in [0.3, 0.4) is 0 Å². The molecule has 0 aromatic carbocycles. The van der Waals surface area contributed by atoms with Gasteiger partial charge in [0.2, 0.25) is 5.13 Å². The number of hydrogen-bond donors (Lipinski definition) is 1. The maximum Gasteiger partial charge on any atom is 0.203 e. The molecule has 1 fully saturated rings. The summed E-state index contributed by atoms with van der Waals surface area (Å²) in [7, 11) is 0. The van der Waals surface area contributed by atoms with Gasteiger partial charge >= 0.3 is 0 Å². The molecule has 0 bridgehead atoms. The van der Waals surface area contributed by atoms with Gasteiger partial charge in [-0.3, -0.25) is 0 Å². The molecular weight excluding hydrogens is 272 g/mol. The molecule has 0 spiro atoms. The van der Waals surface area contributed by atoms with Gasteiger partial charge in [0, 0.05) is 30.4 Å². The van der Waals surface area contributed by atoms with Gasteiger partial charge < -0.3 is 5.32 Å². The van der Waals surface area contributed by atoms with Crippen molar-refractivity contribution in [2.75, 3.05) is 5.32 Å². The van der Waals surface area contributed by atoms with Gasteiger partial charge in [-0.2, -0.15) is 9.47 Å². The summed E-state index contributed by atoms with van der Waals surface area (Å²) in [6.07, 6.45) is 5.59. The van der Waals surface area contributed by atoms with E-state index < -0.39 is 0 Å². The van der Waals surface area contributed by atoms with Gasteiger partial charge in [0.05, 0.1) is 6.04 Å². The predicted octanol–water partition coefficient (Wildman–Crippen LogP) is 2.52. The molecule has 1 aliphatic heterocycles. The highest BCUT2D eigenvalue weighted by atomic mass is 32.1. The van der Waals surface area contributed by atoms with Crippen LogP contribution in [0.15, 0.2) is 0 Å². The third-order valence-electron chi connectivity index (χ3n) is 3.92. The maximum atomic E-state index is 4.65. The molecule has 2 aliphatic rings. The normalized spacial score (nSPS) is 21.8. The van der Waals surface area contributed by atoms with E-state index >= 15 is 0 Å². The number of fused-ring (bicyclic) bond motifs is 1. The Balaban J connectivity index is 1.55. The molecule has 4 rings (SSSR count). The van der Waals surface area contributed by atoms with E-state index in [1.807, 2.05) is 4.68 Å². The number of hydrogen-bond acceptors (Lipinski definition) is 6. The average Bonchev–Trinajstić information content (AvgIpc) is 3.05. The molecule has 1 atom stereocenters. The van der Waals surface area contributed by atoms with Crippen LogP contribution in [0, 0.1) is 0 Å². The first-order chi connectivity index (χ1) is 9.83. The van der Waals surface area contributed by atoms with Crippen LogP contribution in [0.5, 0.6) is 0 Å². The molecule has 0 saturated heterocycles. The number of aryl methyl sites for hydroxylation is 2. The number of aromatic nitrogens is 5. The molecule has 3 heterocycles. The van der Waals surface area contributed by atoms with Crippen molar-refractivity contribution < 1.29 is 0 Å². The first-order valence-corrected chi connectivity index (χ1v) is 8.14. The first kappa shape index (κ1) is 12.3. The lowest BCUT2D eigenvalue weighted by Crippen LogP contribution is -2.22. The summed E-state index contributed by atoms with van der Waals surface area (Å²) in [6.45, 7) is 3.07. The zero-order valence-corrected chi connectivity index (χ0v) is 12.4. The van der Waals surface area contributed by atoms with Gasteiger partial charge in [0.1, 0.15) is 11.6 Å². The van der Waals surface area contributed by atoms with Crippen LogP contribution >= 0.6 is 11.5 Å². The van der Waals surface area contributed by atoms with Crippen LogP contribution in [0.1, 0.15) is 62.0 Å². The SMILES string of the molecule is CCc1nc2n(n1)CCC[C@H]2Nc1nc(C2CC2)ns1. The van der Waals surface area contributed by atoms with Crippen LogP contribution in [0.4, 0.5) is 5.13 Å². The highest BCUT2D eigenvalue weighted by Crippen LogP contribution is 2.39. The second-order valence-electron chi connectivity index (χ2n) is 5.53. The Morgan fingerprint density at radius 3 is 3.00 bits per heavy atom. The Bertz CT molecular complexity index is 614. The second-order valence-corrected chi connectivity index (χ2v) is 6.29. The zero-order chi connectivity index (χ0) is 13.5. The van der Waals surface area contributed by atoms with Crippen molar-refractivity contribution in [2.24, 2.45) is 0 Å². The molecule has 1 saturated carbocycles. The standard InChI is InChI=1S/C13H18N6S/c1-2-10-15-12-9(4-3-7-19(12)17-10)14-13-16-11(18-20-13)8-5-6-8/h8-9H,2-7H2,1H3,(H,14,16,18)/t9-/m1/s1. The van der Waals surface area contributed by atoms with Crippen LogP contribution in [-0.4, -0.2) is 24.1 Å². The van der Waals surface area contributed by atoms with Gasteiger partial charge in [0.15, 0.2) is 5.82 Å². The summed E-state index contributed by atoms with van der Waals surface area (Å²) in [6, 6.07) is 0.219. The highest BCUT2D eigenvalue weighted by Gasteiger charge is 2.29. The maximum absolute atomic E-state index is 4.65. The number of nitrogens with one attached hydrogen (secondary N) is 1. The molecule has 0 unspecified atom stereocenters. The summed E-state index contributed by atoms with van der Waals surface area (Å²) in [5, 5.41) is 8.96. The molecule has 0 radical (unpaired) electrons. The molecule has 2 aromatic rings. The second kappa shape index (κ2) is 4.80. The van der Waals surface area contributed by atoms with Crippen molar-refractivity contribution in [1.82, 2.24) is 24.1 Å². The van der Waals surface area contributed by atoms with Crippen LogP contribution < -0.4 is 5.32 Å². The van der Waals surface area contributed by atoms with E-state index in [4.69, 9.17) is 0 Å². The summed E-state index contributed by atoms with van der Waals surface area (Å²) < 4.78 is 6.49. The van der Waals surface area contributed by atoms with E-state index in [9.17, 15) is 0 Å². The third kappa shape index (κ3) is 2.19. The van der Waals surface area contributed by atoms with E-state index in [-0.39, 0.29) is 6.04 Å². The Labute approximate surface area is 121 Å². The lowest BCUT2D eigenvalue weighted by Gasteiger charge is -2.22. The minimum absolute atomic E-state index is 0.219. The summed E-state index contributed by atoms with van der Waals surface area (Å²) in [5.74, 6) is 3.62. The fraction of sp³-hybridized carbons (Fsp3) is 0.692. The van der Waals surface area contributed by atoms with Gasteiger partial charge in [-0.15, -0.1) is 0 Å². The Kier molecular flexibility index (Phi) is 2.94. The van der Waals surface area contributed by atoms with E-state index in [1.54, 1.807) is 0 Å².